The lowest BCUT2D eigenvalue weighted by atomic mass is 10.1. The van der Waals surface area contributed by atoms with E-state index in [2.05, 4.69) is 9.97 Å². The molecule has 124 valence electrons. The molecule has 1 aliphatic carbocycles. The van der Waals surface area contributed by atoms with Crippen LogP contribution in [-0.2, 0) is 11.2 Å². The predicted octanol–water partition coefficient (Wildman–Crippen LogP) is 2.42. The lowest BCUT2D eigenvalue weighted by Crippen LogP contribution is -2.34. The number of nitrogens with zero attached hydrogens (tertiary/aromatic N) is 2. The maximum Gasteiger partial charge on any atom is 0.222 e. The summed E-state index contributed by atoms with van der Waals surface area (Å²) in [4.78, 5) is 21.9. The number of aliphatic hydroxyl groups is 1. The lowest BCUT2D eigenvalue weighted by Gasteiger charge is -2.23. The van der Waals surface area contributed by atoms with E-state index in [0.717, 1.165) is 41.7 Å². The number of aromatic amines is 1. The van der Waals surface area contributed by atoms with Crippen LogP contribution in [0.2, 0.25) is 0 Å². The number of carbonyl (C=O) groups is 1. The number of hydrogen-bond donors (Lipinski definition) is 2. The van der Waals surface area contributed by atoms with Crippen LogP contribution in [0.3, 0.4) is 0 Å². The average Bonchev–Trinajstić information content (AvgIpc) is 3.12. The zero-order valence-electron chi connectivity index (χ0n) is 13.9. The summed E-state index contributed by atoms with van der Waals surface area (Å²) in [7, 11) is 1.83. The van der Waals surface area contributed by atoms with Gasteiger partial charge in [-0.05, 0) is 31.4 Å². The van der Waals surface area contributed by atoms with E-state index in [1.807, 2.05) is 32.2 Å². The summed E-state index contributed by atoms with van der Waals surface area (Å²) in [5.41, 5.74) is 3.15. The van der Waals surface area contributed by atoms with Gasteiger partial charge < -0.3 is 15.0 Å². The fourth-order valence-corrected chi connectivity index (χ4v) is 3.45. The predicted molar refractivity (Wildman–Crippen MR) is 90.1 cm³/mol. The summed E-state index contributed by atoms with van der Waals surface area (Å²) in [6.07, 6.45) is 3.75. The Labute approximate surface area is 136 Å². The molecule has 2 unspecified atom stereocenters. The summed E-state index contributed by atoms with van der Waals surface area (Å²) in [5.74, 6) is 1.20. The Kier molecular flexibility index (Phi) is 4.66. The largest absolute Gasteiger partial charge is 0.393 e. The molecule has 3 rings (SSSR count). The molecule has 0 saturated heterocycles. The molecule has 5 heteroatoms. The van der Waals surface area contributed by atoms with Gasteiger partial charge in [0, 0.05) is 32.4 Å². The van der Waals surface area contributed by atoms with E-state index in [9.17, 15) is 9.90 Å². The number of H-pyrrole nitrogens is 1. The summed E-state index contributed by atoms with van der Waals surface area (Å²) in [6.45, 7) is 2.69. The van der Waals surface area contributed by atoms with E-state index >= 15 is 0 Å². The first-order valence-corrected chi connectivity index (χ1v) is 8.41. The monoisotopic (exact) mass is 315 g/mol. The van der Waals surface area contributed by atoms with Gasteiger partial charge in [-0.25, -0.2) is 4.98 Å². The number of aromatic nitrogens is 2. The van der Waals surface area contributed by atoms with Crippen LogP contribution in [0.25, 0.3) is 11.0 Å². The van der Waals surface area contributed by atoms with Gasteiger partial charge in [-0.2, -0.15) is 0 Å². The molecule has 2 aromatic rings. The Morgan fingerprint density at radius 2 is 2.26 bits per heavy atom. The molecule has 1 saturated carbocycles. The Morgan fingerprint density at radius 3 is 2.96 bits per heavy atom. The van der Waals surface area contributed by atoms with Gasteiger partial charge in [0.15, 0.2) is 0 Å². The van der Waals surface area contributed by atoms with Gasteiger partial charge in [-0.15, -0.1) is 0 Å². The number of hydrogen-bond acceptors (Lipinski definition) is 3. The van der Waals surface area contributed by atoms with Crippen LogP contribution >= 0.6 is 0 Å². The summed E-state index contributed by atoms with van der Waals surface area (Å²) < 4.78 is 0. The minimum Gasteiger partial charge on any atom is -0.393 e. The van der Waals surface area contributed by atoms with Crippen LogP contribution in [-0.4, -0.2) is 45.6 Å². The summed E-state index contributed by atoms with van der Waals surface area (Å²) >= 11 is 0. The topological polar surface area (TPSA) is 69.2 Å². The highest BCUT2D eigenvalue weighted by atomic mass is 16.3. The van der Waals surface area contributed by atoms with Crippen molar-refractivity contribution in [1.82, 2.24) is 14.9 Å². The van der Waals surface area contributed by atoms with Gasteiger partial charge in [0.25, 0.3) is 0 Å². The van der Waals surface area contributed by atoms with Crippen molar-refractivity contribution in [3.05, 3.63) is 29.6 Å². The van der Waals surface area contributed by atoms with Gasteiger partial charge in [0.05, 0.1) is 17.1 Å². The number of imidazole rings is 1. The second-order valence-corrected chi connectivity index (χ2v) is 6.69. The molecule has 1 aromatic carbocycles. The van der Waals surface area contributed by atoms with Gasteiger partial charge >= 0.3 is 0 Å². The van der Waals surface area contributed by atoms with Gasteiger partial charge in [0.2, 0.25) is 5.91 Å². The number of aryl methyl sites for hydroxylation is 2. The molecule has 1 aromatic heterocycles. The molecule has 0 aliphatic heterocycles. The number of rotatable bonds is 5. The van der Waals surface area contributed by atoms with Crippen LogP contribution in [0.15, 0.2) is 18.2 Å². The molecule has 2 N–H and O–H groups in total. The van der Waals surface area contributed by atoms with Crippen molar-refractivity contribution >= 4 is 16.9 Å². The smallest absolute Gasteiger partial charge is 0.222 e. The molecular weight excluding hydrogens is 290 g/mol. The molecule has 5 nitrogen and oxygen atoms in total. The Hall–Kier alpha value is -1.88. The van der Waals surface area contributed by atoms with E-state index in [4.69, 9.17) is 0 Å². The summed E-state index contributed by atoms with van der Waals surface area (Å²) in [6, 6.07) is 6.05. The van der Waals surface area contributed by atoms with Gasteiger partial charge in [-0.3, -0.25) is 4.79 Å². The fourth-order valence-electron chi connectivity index (χ4n) is 3.45. The maximum absolute atomic E-state index is 12.3. The molecule has 1 aliphatic rings. The second-order valence-electron chi connectivity index (χ2n) is 6.69. The number of benzene rings is 1. The third kappa shape index (κ3) is 3.55. The van der Waals surface area contributed by atoms with Crippen molar-refractivity contribution in [1.29, 1.82) is 0 Å². The van der Waals surface area contributed by atoms with Crippen LogP contribution in [0, 0.1) is 12.8 Å². The van der Waals surface area contributed by atoms with Crippen molar-refractivity contribution < 1.29 is 9.90 Å². The minimum atomic E-state index is -0.247. The van der Waals surface area contributed by atoms with E-state index in [1.165, 1.54) is 0 Å². The third-order valence-electron chi connectivity index (χ3n) is 4.89. The highest BCUT2D eigenvalue weighted by Gasteiger charge is 2.27. The third-order valence-corrected chi connectivity index (χ3v) is 4.89. The highest BCUT2D eigenvalue weighted by Crippen LogP contribution is 2.26. The van der Waals surface area contributed by atoms with Crippen LogP contribution < -0.4 is 0 Å². The number of carbonyl (C=O) groups excluding carboxylic acids is 1. The van der Waals surface area contributed by atoms with E-state index < -0.39 is 0 Å². The second kappa shape index (κ2) is 6.71. The number of aliphatic hydroxyl groups excluding tert-OH is 1. The van der Waals surface area contributed by atoms with E-state index in [1.54, 1.807) is 4.90 Å². The number of para-hydroxylation sites is 1. The first-order valence-electron chi connectivity index (χ1n) is 8.41. The minimum absolute atomic E-state index is 0.112. The summed E-state index contributed by atoms with van der Waals surface area (Å²) in [5, 5.41) is 9.88. The number of amides is 1. The molecule has 23 heavy (non-hydrogen) atoms. The molecule has 1 fully saturated rings. The Balaban J connectivity index is 1.56. The first-order chi connectivity index (χ1) is 11.0. The average molecular weight is 315 g/mol. The van der Waals surface area contributed by atoms with Crippen molar-refractivity contribution in [3.8, 4) is 0 Å². The van der Waals surface area contributed by atoms with E-state index in [-0.39, 0.29) is 17.9 Å². The molecular formula is C18H25N3O2. The van der Waals surface area contributed by atoms with Gasteiger partial charge in [-0.1, -0.05) is 18.6 Å². The van der Waals surface area contributed by atoms with Crippen molar-refractivity contribution in [2.45, 2.75) is 45.1 Å². The molecule has 1 heterocycles. The van der Waals surface area contributed by atoms with Crippen LogP contribution in [0.1, 0.15) is 37.1 Å². The molecule has 1 amide bonds. The standard InChI is InChI=1S/C18H25N3O2/c1-12-5-3-7-14-18(12)20-16(19-14)9-10-17(23)21(2)11-13-6-4-8-15(13)22/h3,5,7,13,15,22H,4,6,8-11H2,1-2H3,(H,19,20). The first kappa shape index (κ1) is 16.0. The van der Waals surface area contributed by atoms with Crippen LogP contribution in [0.5, 0.6) is 0 Å². The highest BCUT2D eigenvalue weighted by molar-refractivity contribution is 5.79. The molecule has 0 bridgehead atoms. The van der Waals surface area contributed by atoms with Crippen molar-refractivity contribution in [3.63, 3.8) is 0 Å². The fraction of sp³-hybridized carbons (Fsp3) is 0.556. The Morgan fingerprint density at radius 1 is 1.43 bits per heavy atom. The maximum atomic E-state index is 12.3. The zero-order valence-corrected chi connectivity index (χ0v) is 13.9. The van der Waals surface area contributed by atoms with Crippen molar-refractivity contribution in [2.75, 3.05) is 13.6 Å². The molecule has 2 atom stereocenters. The number of nitrogens with one attached hydrogen (secondary N) is 1. The molecule has 0 spiro atoms. The lowest BCUT2D eigenvalue weighted by molar-refractivity contribution is -0.130. The normalized spacial score (nSPS) is 21.0. The molecule has 0 radical (unpaired) electrons. The van der Waals surface area contributed by atoms with Gasteiger partial charge in [0.1, 0.15) is 5.82 Å². The SMILES string of the molecule is Cc1cccc2[nH]c(CCC(=O)N(C)CC3CCCC3O)nc12. The van der Waals surface area contributed by atoms with Crippen LogP contribution in [0.4, 0.5) is 0 Å². The number of fused-ring (bicyclic) bond motifs is 1. The van der Waals surface area contributed by atoms with E-state index in [0.29, 0.717) is 19.4 Å². The quantitative estimate of drug-likeness (QED) is 0.890. The zero-order chi connectivity index (χ0) is 16.4. The van der Waals surface area contributed by atoms with Crippen molar-refractivity contribution in [2.24, 2.45) is 5.92 Å². The Bertz CT molecular complexity index is 695.